The van der Waals surface area contributed by atoms with Crippen LogP contribution in [0.5, 0.6) is 34.5 Å². The Hall–Kier alpha value is -11.8. The molecule has 0 spiro atoms. The van der Waals surface area contributed by atoms with Gasteiger partial charge in [-0.25, -0.2) is 14.4 Å². The molecule has 9 aromatic rings. The summed E-state index contributed by atoms with van der Waals surface area (Å²) < 4.78 is 52.1. The van der Waals surface area contributed by atoms with Gasteiger partial charge in [-0.3, -0.25) is 29.3 Å². The Morgan fingerprint density at radius 2 is 0.540 bits per heavy atom. The lowest BCUT2D eigenvalue weighted by atomic mass is 10.1. The van der Waals surface area contributed by atoms with Gasteiger partial charge in [0.25, 0.3) is 6.29 Å². The molecule has 0 radical (unpaired) electrons. The molecule has 0 aliphatic heterocycles. The number of hydrogen-bond donors (Lipinski definition) is 0. The number of aryl methyl sites for hydroxylation is 3. The molecule has 668 valence electrons. The number of aromatic nitrogens is 3. The molecule has 0 atom stereocenters. The lowest BCUT2D eigenvalue weighted by Crippen LogP contribution is -2.26. The van der Waals surface area contributed by atoms with Crippen LogP contribution in [0, 0.1) is 0 Å². The van der Waals surface area contributed by atoms with Crippen molar-refractivity contribution in [2.24, 2.45) is 0 Å². The minimum Gasteiger partial charge on any atom is -0.494 e. The third-order valence-electron chi connectivity index (χ3n) is 22.1. The number of hydrogen-bond acceptors (Lipinski definition) is 18. The van der Waals surface area contributed by atoms with Gasteiger partial charge in [-0.15, -0.1) is 0 Å². The number of pyridine rings is 3. The van der Waals surface area contributed by atoms with E-state index in [2.05, 4.69) is 73.7 Å². The molecule has 0 aliphatic carbocycles. The standard InChI is InChI=1S/C108H131N3O15/c1-7-10-28-37-84-43-70-99(109-78-84)90-52-64-96(65-53-90)122-106(115)81(4)87-46-58-93(59-47-87)118-74-34-25-19-13-16-22-31-40-102(112)121-77-73-105(125-103(113)41-32-23-17-14-20-26-35-75-119-94-60-48-88(49-61-94)82(5)107(116)123-97-66-54-91(55-67-97)100-71-44-85(79-110-100)38-29-11-8-2)126-104(114)42-33-24-18-15-21-27-36-76-120-95-62-50-89(51-63-95)83(6)108(117)124-98-68-56-92(57-69-98)101-72-45-86(80-111-101)39-30-12-9-3/h43-72,78-80,105H,4-42,73-77H2,1-3H3. The molecular weight excluding hydrogens is 1580 g/mol. The second-order valence-electron chi connectivity index (χ2n) is 32.4. The van der Waals surface area contributed by atoms with E-state index in [4.69, 9.17) is 42.6 Å². The molecule has 6 aromatic carbocycles. The third kappa shape index (κ3) is 36.8. The zero-order chi connectivity index (χ0) is 89.0. The predicted octanol–water partition coefficient (Wildman–Crippen LogP) is 26.2. The van der Waals surface area contributed by atoms with Crippen molar-refractivity contribution in [3.63, 3.8) is 0 Å². The van der Waals surface area contributed by atoms with Gasteiger partial charge in [0.1, 0.15) is 34.5 Å². The van der Waals surface area contributed by atoms with E-state index in [0.717, 1.165) is 188 Å². The quantitative estimate of drug-likeness (QED) is 0.0114. The number of ether oxygens (including phenoxy) is 9. The fourth-order valence-corrected chi connectivity index (χ4v) is 14.4. The molecule has 0 fully saturated rings. The number of carbonyl (C=O) groups excluding carboxylic acids is 6. The second kappa shape index (κ2) is 56.9. The van der Waals surface area contributed by atoms with E-state index in [1.165, 1.54) is 55.2 Å². The molecule has 0 aliphatic rings. The molecule has 0 unspecified atom stereocenters. The van der Waals surface area contributed by atoms with Crippen molar-refractivity contribution in [2.75, 3.05) is 26.4 Å². The molecule has 0 saturated heterocycles. The summed E-state index contributed by atoms with van der Waals surface area (Å²) in [5, 5.41) is 0. The average molecular weight is 1710 g/mol. The maximum atomic E-state index is 13.2. The molecular formula is C108H131N3O15. The van der Waals surface area contributed by atoms with Crippen LogP contribution in [0.2, 0.25) is 0 Å². The van der Waals surface area contributed by atoms with Crippen LogP contribution >= 0.6 is 0 Å². The Labute approximate surface area is 747 Å². The summed E-state index contributed by atoms with van der Waals surface area (Å²) in [4.78, 5) is 92.5. The Bertz CT molecular complexity index is 4540. The summed E-state index contributed by atoms with van der Waals surface area (Å²) in [5.74, 6) is 0.509. The van der Waals surface area contributed by atoms with E-state index >= 15 is 0 Å². The first-order valence-corrected chi connectivity index (χ1v) is 46.2. The van der Waals surface area contributed by atoms with E-state index in [-0.39, 0.29) is 55.0 Å². The molecule has 126 heavy (non-hydrogen) atoms. The highest BCUT2D eigenvalue weighted by molar-refractivity contribution is 6.17. The number of rotatable bonds is 62. The number of nitrogens with zero attached hydrogens (tertiary/aromatic N) is 3. The van der Waals surface area contributed by atoms with Crippen LogP contribution < -0.4 is 28.4 Å². The smallest absolute Gasteiger partial charge is 0.343 e. The van der Waals surface area contributed by atoms with Gasteiger partial charge in [-0.1, -0.05) is 230 Å². The zero-order valence-electron chi connectivity index (χ0n) is 74.7. The van der Waals surface area contributed by atoms with Crippen molar-refractivity contribution in [3.05, 3.63) is 254 Å². The van der Waals surface area contributed by atoms with E-state index in [9.17, 15) is 28.8 Å². The number of unbranched alkanes of at least 4 members (excludes halogenated alkanes) is 24. The van der Waals surface area contributed by atoms with E-state index in [1.54, 1.807) is 60.7 Å². The normalized spacial score (nSPS) is 11.0. The third-order valence-corrected chi connectivity index (χ3v) is 22.1. The summed E-state index contributed by atoms with van der Waals surface area (Å²) in [6, 6.07) is 56.2. The minimum atomic E-state index is -1.17. The first-order chi connectivity index (χ1) is 61.6. The zero-order valence-corrected chi connectivity index (χ0v) is 74.7. The van der Waals surface area contributed by atoms with Crippen LogP contribution in [0.4, 0.5) is 0 Å². The summed E-state index contributed by atoms with van der Waals surface area (Å²) in [5.41, 5.74) is 11.8. The van der Waals surface area contributed by atoms with Gasteiger partial charge in [0.15, 0.2) is 0 Å². The molecule has 0 saturated carbocycles. The summed E-state index contributed by atoms with van der Waals surface area (Å²) in [6.45, 7) is 20.2. The maximum absolute atomic E-state index is 13.2. The minimum absolute atomic E-state index is 0.0350. The van der Waals surface area contributed by atoms with Crippen LogP contribution in [0.1, 0.15) is 272 Å². The number of carbonyl (C=O) groups is 6. The lowest BCUT2D eigenvalue weighted by molar-refractivity contribution is -0.191. The second-order valence-corrected chi connectivity index (χ2v) is 32.4. The Morgan fingerprint density at radius 1 is 0.278 bits per heavy atom. The monoisotopic (exact) mass is 1710 g/mol. The molecule has 0 N–H and O–H groups in total. The highest BCUT2D eigenvalue weighted by Gasteiger charge is 2.22. The molecule has 18 nitrogen and oxygen atoms in total. The van der Waals surface area contributed by atoms with Crippen molar-refractivity contribution >= 4 is 52.5 Å². The van der Waals surface area contributed by atoms with Crippen molar-refractivity contribution < 1.29 is 71.4 Å². The number of esters is 6. The van der Waals surface area contributed by atoms with Crippen molar-refractivity contribution in [3.8, 4) is 68.3 Å². The van der Waals surface area contributed by atoms with Crippen molar-refractivity contribution in [2.45, 2.75) is 265 Å². The van der Waals surface area contributed by atoms with Crippen LogP contribution in [-0.4, -0.2) is 83.5 Å². The Kier molecular flexibility index (Phi) is 44.3. The SMILES string of the molecule is C=C(C(=O)Oc1ccc(-c2ccc(CCCCC)cn2)cc1)c1ccc(OCCCCCCCCCC(=O)OCCC(OC(=O)CCCCCCCCCOc2ccc(C(=C)C(=O)Oc3ccc(-c4ccc(CCCCC)cn4)cc3)cc2)OC(=O)CCCCCCCCCOc2ccc(C(=C)C(=O)Oc3ccc(-c4ccc(CCCCC)cn4)cc3)cc2)cc1. The van der Waals surface area contributed by atoms with Crippen LogP contribution in [0.3, 0.4) is 0 Å². The topological polar surface area (TPSA) is 224 Å². The van der Waals surface area contributed by atoms with Gasteiger partial charge in [-0.05, 0) is 238 Å². The van der Waals surface area contributed by atoms with Gasteiger partial charge in [0.05, 0.1) is 66.6 Å². The first kappa shape index (κ1) is 98.0. The molecule has 18 heteroatoms. The fraction of sp³-hybridized carbons (Fsp3) is 0.417. The molecule has 0 amide bonds. The van der Waals surface area contributed by atoms with Crippen LogP contribution in [-0.2, 0) is 62.2 Å². The van der Waals surface area contributed by atoms with Gasteiger partial charge in [-0.2, -0.15) is 0 Å². The maximum Gasteiger partial charge on any atom is 0.343 e. The van der Waals surface area contributed by atoms with E-state index < -0.39 is 36.1 Å². The summed E-state index contributed by atoms with van der Waals surface area (Å²) in [6.07, 6.45) is 38.1. The lowest BCUT2D eigenvalue weighted by Gasteiger charge is -2.18. The van der Waals surface area contributed by atoms with Gasteiger partial charge >= 0.3 is 35.8 Å². The van der Waals surface area contributed by atoms with Crippen molar-refractivity contribution in [1.82, 2.24) is 15.0 Å². The number of benzene rings is 6. The average Bonchev–Trinajstić information content (AvgIpc) is 0.846. The predicted molar refractivity (Wildman–Crippen MR) is 501 cm³/mol. The molecule has 3 heterocycles. The molecule has 3 aromatic heterocycles. The van der Waals surface area contributed by atoms with Crippen LogP contribution in [0.15, 0.2) is 220 Å². The van der Waals surface area contributed by atoms with Gasteiger partial charge < -0.3 is 42.6 Å². The fourth-order valence-electron chi connectivity index (χ4n) is 14.4. The van der Waals surface area contributed by atoms with E-state index in [0.29, 0.717) is 90.3 Å². The summed E-state index contributed by atoms with van der Waals surface area (Å²) in [7, 11) is 0. The highest BCUT2D eigenvalue weighted by Crippen LogP contribution is 2.30. The first-order valence-electron chi connectivity index (χ1n) is 46.2. The van der Waals surface area contributed by atoms with Gasteiger partial charge in [0, 0.05) is 54.5 Å². The Balaban J connectivity index is 0.611. The molecule has 9 rings (SSSR count). The van der Waals surface area contributed by atoms with Crippen molar-refractivity contribution in [1.29, 1.82) is 0 Å². The highest BCUT2D eigenvalue weighted by atomic mass is 16.7. The van der Waals surface area contributed by atoms with Crippen LogP contribution in [0.25, 0.3) is 50.5 Å². The summed E-state index contributed by atoms with van der Waals surface area (Å²) >= 11 is 0. The van der Waals surface area contributed by atoms with E-state index in [1.807, 2.05) is 122 Å². The Morgan fingerprint density at radius 3 is 0.810 bits per heavy atom. The van der Waals surface area contributed by atoms with Gasteiger partial charge in [0.2, 0.25) is 0 Å². The molecule has 0 bridgehead atoms. The largest absolute Gasteiger partial charge is 0.494 e.